The summed E-state index contributed by atoms with van der Waals surface area (Å²) in [6.45, 7) is 0.313. The monoisotopic (exact) mass is 369 g/mol. The van der Waals surface area contributed by atoms with E-state index in [-0.39, 0.29) is 17.6 Å². The molecule has 6 heteroatoms. The quantitative estimate of drug-likeness (QED) is 0.756. The molecular weight excluding hydrogens is 345 g/mol. The van der Waals surface area contributed by atoms with Gasteiger partial charge in [0.2, 0.25) is 5.91 Å². The van der Waals surface area contributed by atoms with Crippen molar-refractivity contribution in [2.24, 2.45) is 5.73 Å². The highest BCUT2D eigenvalue weighted by molar-refractivity contribution is 5.99. The molecule has 2 aromatic carbocycles. The van der Waals surface area contributed by atoms with Crippen LogP contribution in [0, 0.1) is 5.82 Å². The van der Waals surface area contributed by atoms with Gasteiger partial charge in [-0.15, -0.1) is 0 Å². The number of benzene rings is 2. The molecule has 2 aromatic rings. The maximum Gasteiger partial charge on any atom is 0.251 e. The molecular formula is C21H24FN3O2. The number of nitrogens with one attached hydrogen (secondary N) is 2. The standard InChI is InChI=1S/C21H24FN3O2/c22-17-8-4-15(5-9-17)14-24-19(26)16-6-10-18(11-7-16)25-20(27)21(23)12-2-1-3-13-21/h4-11H,1-3,12-14,23H2,(H,24,26)(H,25,27). The van der Waals surface area contributed by atoms with E-state index in [2.05, 4.69) is 10.6 Å². The molecule has 1 saturated carbocycles. The van der Waals surface area contributed by atoms with Crippen LogP contribution in [0.25, 0.3) is 0 Å². The molecule has 0 aliphatic heterocycles. The van der Waals surface area contributed by atoms with E-state index in [1.54, 1.807) is 36.4 Å². The van der Waals surface area contributed by atoms with Gasteiger partial charge in [0.15, 0.2) is 0 Å². The minimum atomic E-state index is -0.802. The summed E-state index contributed by atoms with van der Waals surface area (Å²) in [5.74, 6) is -0.717. The molecule has 4 N–H and O–H groups in total. The summed E-state index contributed by atoms with van der Waals surface area (Å²) in [6, 6.07) is 12.7. The van der Waals surface area contributed by atoms with Crippen molar-refractivity contribution >= 4 is 17.5 Å². The van der Waals surface area contributed by atoms with Gasteiger partial charge in [-0.1, -0.05) is 31.4 Å². The summed E-state index contributed by atoms with van der Waals surface area (Å²) in [5, 5.41) is 5.63. The zero-order chi connectivity index (χ0) is 19.3. The SMILES string of the molecule is NC1(C(=O)Nc2ccc(C(=O)NCc3ccc(F)cc3)cc2)CCCCC1. The Kier molecular flexibility index (Phi) is 5.86. The lowest BCUT2D eigenvalue weighted by atomic mass is 9.82. The summed E-state index contributed by atoms with van der Waals surface area (Å²) >= 11 is 0. The third kappa shape index (κ3) is 4.92. The van der Waals surface area contributed by atoms with Crippen LogP contribution in [0.15, 0.2) is 48.5 Å². The summed E-state index contributed by atoms with van der Waals surface area (Å²) < 4.78 is 12.9. The molecule has 0 aromatic heterocycles. The van der Waals surface area contributed by atoms with Crippen molar-refractivity contribution < 1.29 is 14.0 Å². The highest BCUT2D eigenvalue weighted by atomic mass is 19.1. The van der Waals surface area contributed by atoms with Crippen molar-refractivity contribution in [1.29, 1.82) is 0 Å². The van der Waals surface area contributed by atoms with Gasteiger partial charge in [-0.05, 0) is 54.8 Å². The topological polar surface area (TPSA) is 84.2 Å². The predicted molar refractivity (Wildman–Crippen MR) is 103 cm³/mol. The maximum absolute atomic E-state index is 12.9. The Morgan fingerprint density at radius 1 is 0.963 bits per heavy atom. The van der Waals surface area contributed by atoms with Gasteiger partial charge >= 0.3 is 0 Å². The van der Waals surface area contributed by atoms with Crippen LogP contribution in [0.4, 0.5) is 10.1 Å². The largest absolute Gasteiger partial charge is 0.348 e. The first kappa shape index (κ1) is 19.0. The summed E-state index contributed by atoms with van der Waals surface area (Å²) in [6.07, 6.45) is 4.45. The Bertz CT molecular complexity index is 797. The van der Waals surface area contributed by atoms with E-state index in [0.29, 0.717) is 30.6 Å². The molecule has 1 fully saturated rings. The number of rotatable bonds is 5. The van der Waals surface area contributed by atoms with Crippen LogP contribution in [0.3, 0.4) is 0 Å². The van der Waals surface area contributed by atoms with Crippen LogP contribution >= 0.6 is 0 Å². The molecule has 1 aliphatic carbocycles. The Morgan fingerprint density at radius 2 is 1.59 bits per heavy atom. The molecule has 0 radical (unpaired) electrons. The fraction of sp³-hybridized carbons (Fsp3) is 0.333. The van der Waals surface area contributed by atoms with Crippen molar-refractivity contribution in [3.05, 3.63) is 65.5 Å². The molecule has 5 nitrogen and oxygen atoms in total. The Morgan fingerprint density at radius 3 is 2.22 bits per heavy atom. The molecule has 0 unspecified atom stereocenters. The van der Waals surface area contributed by atoms with E-state index in [1.165, 1.54) is 12.1 Å². The zero-order valence-corrected chi connectivity index (χ0v) is 15.1. The second-order valence-corrected chi connectivity index (χ2v) is 7.06. The fourth-order valence-corrected chi connectivity index (χ4v) is 3.26. The molecule has 27 heavy (non-hydrogen) atoms. The molecule has 0 heterocycles. The molecule has 0 spiro atoms. The molecule has 3 rings (SSSR count). The average molecular weight is 369 g/mol. The van der Waals surface area contributed by atoms with E-state index in [9.17, 15) is 14.0 Å². The van der Waals surface area contributed by atoms with Gasteiger partial charge in [0.1, 0.15) is 5.82 Å². The highest BCUT2D eigenvalue weighted by Gasteiger charge is 2.35. The maximum atomic E-state index is 12.9. The van der Waals surface area contributed by atoms with Gasteiger partial charge in [0.05, 0.1) is 5.54 Å². The highest BCUT2D eigenvalue weighted by Crippen LogP contribution is 2.27. The third-order valence-corrected chi connectivity index (χ3v) is 4.97. The number of hydrogen-bond acceptors (Lipinski definition) is 3. The van der Waals surface area contributed by atoms with Crippen LogP contribution in [0.2, 0.25) is 0 Å². The van der Waals surface area contributed by atoms with Crippen molar-refractivity contribution in [2.45, 2.75) is 44.2 Å². The molecule has 1 aliphatic rings. The molecule has 2 amide bonds. The lowest BCUT2D eigenvalue weighted by Crippen LogP contribution is -2.52. The Labute approximate surface area is 158 Å². The number of carbonyl (C=O) groups excluding carboxylic acids is 2. The van der Waals surface area contributed by atoms with Crippen LogP contribution in [0.1, 0.15) is 48.0 Å². The number of carbonyl (C=O) groups is 2. The molecule has 142 valence electrons. The number of halogens is 1. The second-order valence-electron chi connectivity index (χ2n) is 7.06. The molecule has 0 bridgehead atoms. The molecule has 0 atom stereocenters. The van der Waals surface area contributed by atoms with Gasteiger partial charge in [-0.25, -0.2) is 4.39 Å². The number of amides is 2. The van der Waals surface area contributed by atoms with E-state index < -0.39 is 5.54 Å². The minimum Gasteiger partial charge on any atom is -0.348 e. The smallest absolute Gasteiger partial charge is 0.251 e. The lowest BCUT2D eigenvalue weighted by Gasteiger charge is -2.31. The van der Waals surface area contributed by atoms with Crippen LogP contribution in [-0.2, 0) is 11.3 Å². The van der Waals surface area contributed by atoms with Crippen molar-refractivity contribution in [3.8, 4) is 0 Å². The third-order valence-electron chi connectivity index (χ3n) is 4.97. The predicted octanol–water partition coefficient (Wildman–Crippen LogP) is 3.36. The summed E-state index contributed by atoms with van der Waals surface area (Å²) in [5.41, 5.74) is 7.34. The number of anilines is 1. The van der Waals surface area contributed by atoms with Crippen molar-refractivity contribution in [2.75, 3.05) is 5.32 Å². The van der Waals surface area contributed by atoms with Gasteiger partial charge < -0.3 is 16.4 Å². The van der Waals surface area contributed by atoms with E-state index >= 15 is 0 Å². The number of nitrogens with two attached hydrogens (primary N) is 1. The van der Waals surface area contributed by atoms with Crippen LogP contribution in [0.5, 0.6) is 0 Å². The number of hydrogen-bond donors (Lipinski definition) is 3. The first-order chi connectivity index (χ1) is 13.0. The average Bonchev–Trinajstić information content (AvgIpc) is 2.68. The Balaban J connectivity index is 1.55. The van der Waals surface area contributed by atoms with E-state index in [1.807, 2.05) is 0 Å². The van der Waals surface area contributed by atoms with E-state index in [4.69, 9.17) is 5.73 Å². The normalized spacial score (nSPS) is 15.8. The lowest BCUT2D eigenvalue weighted by molar-refractivity contribution is -0.122. The summed E-state index contributed by atoms with van der Waals surface area (Å²) in [7, 11) is 0. The van der Waals surface area contributed by atoms with Crippen LogP contribution < -0.4 is 16.4 Å². The molecule has 0 saturated heterocycles. The van der Waals surface area contributed by atoms with Crippen molar-refractivity contribution in [3.63, 3.8) is 0 Å². The minimum absolute atomic E-state index is 0.171. The van der Waals surface area contributed by atoms with E-state index in [0.717, 1.165) is 24.8 Å². The first-order valence-corrected chi connectivity index (χ1v) is 9.19. The van der Waals surface area contributed by atoms with Crippen molar-refractivity contribution in [1.82, 2.24) is 5.32 Å². The van der Waals surface area contributed by atoms with Gasteiger partial charge in [0.25, 0.3) is 5.91 Å². The van der Waals surface area contributed by atoms with Gasteiger partial charge in [-0.2, -0.15) is 0 Å². The first-order valence-electron chi connectivity index (χ1n) is 9.19. The Hall–Kier alpha value is -2.73. The van der Waals surface area contributed by atoms with Gasteiger partial charge in [0, 0.05) is 17.8 Å². The fourth-order valence-electron chi connectivity index (χ4n) is 3.26. The zero-order valence-electron chi connectivity index (χ0n) is 15.1. The van der Waals surface area contributed by atoms with Crippen LogP contribution in [-0.4, -0.2) is 17.4 Å². The second kappa shape index (κ2) is 8.31. The summed E-state index contributed by atoms with van der Waals surface area (Å²) in [4.78, 5) is 24.7. The van der Waals surface area contributed by atoms with Gasteiger partial charge in [-0.3, -0.25) is 9.59 Å².